The van der Waals surface area contributed by atoms with Crippen LogP contribution in [0.4, 0.5) is 5.69 Å². The fourth-order valence-corrected chi connectivity index (χ4v) is 5.46. The number of benzene rings is 3. The average molecular weight is 464 g/mol. The molecule has 1 saturated carbocycles. The van der Waals surface area contributed by atoms with Crippen LogP contribution < -0.4 is 5.32 Å². The fraction of sp³-hybridized carbons (Fsp3) is 0.167. The van der Waals surface area contributed by atoms with Crippen molar-refractivity contribution in [2.45, 2.75) is 6.92 Å². The molecule has 2 aliphatic rings. The van der Waals surface area contributed by atoms with Crippen molar-refractivity contribution < 1.29 is 19.5 Å². The van der Waals surface area contributed by atoms with Crippen molar-refractivity contribution in [3.8, 4) is 0 Å². The molecule has 2 aliphatic carbocycles. The molecule has 1 fully saturated rings. The maximum Gasteiger partial charge on any atom is 0.308 e. The second kappa shape index (κ2) is 9.18. The lowest BCUT2D eigenvalue weighted by Gasteiger charge is -2.23. The van der Waals surface area contributed by atoms with Gasteiger partial charge in [0, 0.05) is 23.1 Å². The number of carboxylic acid groups (broad SMARTS) is 1. The monoisotopic (exact) mass is 463 g/mol. The van der Waals surface area contributed by atoms with Gasteiger partial charge in [0.05, 0.1) is 11.8 Å². The van der Waals surface area contributed by atoms with Gasteiger partial charge in [-0.15, -0.1) is 0 Å². The fourth-order valence-electron chi connectivity index (χ4n) is 5.46. The van der Waals surface area contributed by atoms with Crippen LogP contribution in [0, 0.1) is 23.7 Å². The van der Waals surface area contributed by atoms with Gasteiger partial charge in [0.15, 0.2) is 5.78 Å². The third-order valence-electron chi connectivity index (χ3n) is 6.94. The zero-order valence-corrected chi connectivity index (χ0v) is 19.2. The first kappa shape index (κ1) is 22.5. The molecule has 0 saturated heterocycles. The molecular weight excluding hydrogens is 438 g/mol. The zero-order valence-electron chi connectivity index (χ0n) is 19.2. The van der Waals surface area contributed by atoms with Crippen LogP contribution in [0.25, 0.3) is 5.57 Å². The number of hydrogen-bond donors (Lipinski definition) is 2. The summed E-state index contributed by atoms with van der Waals surface area (Å²) >= 11 is 0. The molecule has 0 unspecified atom stereocenters. The molecule has 2 bridgehead atoms. The Bertz CT molecular complexity index is 1320. The summed E-state index contributed by atoms with van der Waals surface area (Å²) in [5, 5.41) is 13.1. The molecule has 1 amide bonds. The molecule has 3 aromatic carbocycles. The molecule has 2 N–H and O–H groups in total. The maximum atomic E-state index is 13.5. The number of ketones is 1. The van der Waals surface area contributed by atoms with Crippen LogP contribution >= 0.6 is 0 Å². The third-order valence-corrected chi connectivity index (χ3v) is 6.94. The molecule has 0 aromatic heterocycles. The number of fused-ring (bicyclic) bond motifs is 2. The number of carbonyl (C=O) groups is 3. The number of carboxylic acids is 1. The Morgan fingerprint density at radius 2 is 1.26 bits per heavy atom. The first-order valence-electron chi connectivity index (χ1n) is 11.6. The van der Waals surface area contributed by atoms with E-state index in [0.717, 1.165) is 22.3 Å². The number of carbonyl (C=O) groups excluding carboxylic acids is 2. The lowest BCUT2D eigenvalue weighted by molar-refractivity contribution is -0.146. The van der Waals surface area contributed by atoms with Crippen molar-refractivity contribution in [3.05, 3.63) is 119 Å². The number of hydrogen-bond acceptors (Lipinski definition) is 3. The van der Waals surface area contributed by atoms with Gasteiger partial charge in [-0.3, -0.25) is 14.4 Å². The number of Topliss-reactive ketones (excluding diaryl/α,β-unsaturated/α-hetero) is 1. The Balaban J connectivity index is 1.60. The van der Waals surface area contributed by atoms with E-state index in [1.807, 2.05) is 72.8 Å². The maximum absolute atomic E-state index is 13.5. The van der Waals surface area contributed by atoms with Crippen molar-refractivity contribution in [3.63, 3.8) is 0 Å². The predicted octanol–water partition coefficient (Wildman–Crippen LogP) is 5.46. The van der Waals surface area contributed by atoms with Crippen molar-refractivity contribution in [2.24, 2.45) is 23.7 Å². The summed E-state index contributed by atoms with van der Waals surface area (Å²) in [5.74, 6) is -3.81. The normalized spacial score (nSPS) is 22.1. The number of amides is 1. The Labute approximate surface area is 203 Å². The zero-order chi connectivity index (χ0) is 24.5. The van der Waals surface area contributed by atoms with E-state index in [2.05, 4.69) is 5.32 Å². The SMILES string of the molecule is CC(=O)c1cccc(NC(=O)[C@H]2[C@@H](C(=O)O)[C@H]3C=C[C@H]2C3=C(c2ccccc2)c2ccccc2)c1. The van der Waals surface area contributed by atoms with Gasteiger partial charge in [-0.1, -0.05) is 84.9 Å². The minimum atomic E-state index is -0.988. The van der Waals surface area contributed by atoms with E-state index >= 15 is 0 Å². The third kappa shape index (κ3) is 4.10. The molecule has 3 aromatic rings. The summed E-state index contributed by atoms with van der Waals surface area (Å²) in [6, 6.07) is 26.5. The molecule has 5 heteroatoms. The van der Waals surface area contributed by atoms with Crippen LogP contribution in [0.5, 0.6) is 0 Å². The van der Waals surface area contributed by atoms with E-state index in [4.69, 9.17) is 0 Å². The molecule has 5 nitrogen and oxygen atoms in total. The Morgan fingerprint density at radius 3 is 1.80 bits per heavy atom. The first-order chi connectivity index (χ1) is 17.0. The van der Waals surface area contributed by atoms with Crippen LogP contribution in [0.1, 0.15) is 28.4 Å². The van der Waals surface area contributed by atoms with Crippen molar-refractivity contribution in [1.29, 1.82) is 0 Å². The van der Waals surface area contributed by atoms with Crippen LogP contribution in [0.3, 0.4) is 0 Å². The quantitative estimate of drug-likeness (QED) is 0.375. The molecular formula is C30H25NO4. The van der Waals surface area contributed by atoms with Gasteiger partial charge in [0.1, 0.15) is 0 Å². The highest BCUT2D eigenvalue weighted by molar-refractivity contribution is 6.00. The Morgan fingerprint density at radius 1 is 0.714 bits per heavy atom. The van der Waals surface area contributed by atoms with Gasteiger partial charge in [0.2, 0.25) is 5.91 Å². The second-order valence-corrected chi connectivity index (χ2v) is 9.01. The number of allylic oxidation sites excluding steroid dienone is 3. The van der Waals surface area contributed by atoms with Crippen molar-refractivity contribution in [2.75, 3.05) is 5.32 Å². The minimum Gasteiger partial charge on any atom is -0.481 e. The summed E-state index contributed by atoms with van der Waals surface area (Å²) in [5.41, 5.74) is 4.90. The van der Waals surface area contributed by atoms with E-state index in [1.54, 1.807) is 24.3 Å². The lowest BCUT2D eigenvalue weighted by Crippen LogP contribution is -2.36. The minimum absolute atomic E-state index is 0.104. The van der Waals surface area contributed by atoms with Crippen LogP contribution in [-0.4, -0.2) is 22.8 Å². The smallest absolute Gasteiger partial charge is 0.308 e. The molecule has 35 heavy (non-hydrogen) atoms. The van der Waals surface area contributed by atoms with E-state index < -0.39 is 17.8 Å². The van der Waals surface area contributed by atoms with Gasteiger partial charge < -0.3 is 10.4 Å². The van der Waals surface area contributed by atoms with E-state index in [-0.39, 0.29) is 23.5 Å². The highest BCUT2D eigenvalue weighted by atomic mass is 16.4. The van der Waals surface area contributed by atoms with Crippen LogP contribution in [0.15, 0.2) is 103 Å². The molecule has 0 radical (unpaired) electrons. The molecule has 174 valence electrons. The van der Waals surface area contributed by atoms with Gasteiger partial charge >= 0.3 is 5.97 Å². The lowest BCUT2D eigenvalue weighted by atomic mass is 9.82. The highest BCUT2D eigenvalue weighted by Crippen LogP contribution is 2.55. The summed E-state index contributed by atoms with van der Waals surface area (Å²) < 4.78 is 0. The van der Waals surface area contributed by atoms with Gasteiger partial charge in [-0.2, -0.15) is 0 Å². The van der Waals surface area contributed by atoms with Gasteiger partial charge in [-0.05, 0) is 41.3 Å². The number of rotatable bonds is 6. The molecule has 0 spiro atoms. The molecule has 0 heterocycles. The second-order valence-electron chi connectivity index (χ2n) is 9.01. The summed E-state index contributed by atoms with van der Waals surface area (Å²) in [6.07, 6.45) is 3.91. The van der Waals surface area contributed by atoms with Crippen LogP contribution in [0.2, 0.25) is 0 Å². The topological polar surface area (TPSA) is 83.5 Å². The summed E-state index contributed by atoms with van der Waals surface area (Å²) in [4.78, 5) is 37.8. The summed E-state index contributed by atoms with van der Waals surface area (Å²) in [6.45, 7) is 1.47. The standard InChI is InChI=1S/C30H25NO4/c1-18(32)21-13-8-14-22(17-21)31-29(33)27-23-15-16-24(28(27)30(34)35)26(23)25(19-9-4-2-5-10-19)20-11-6-3-7-12-20/h2-17,23-24,27-28H,1H3,(H,31,33)(H,34,35)/t23-,24-,27+,28-/m0/s1. The average Bonchev–Trinajstić information content (AvgIpc) is 3.42. The summed E-state index contributed by atoms with van der Waals surface area (Å²) in [7, 11) is 0. The largest absolute Gasteiger partial charge is 0.481 e. The highest BCUT2D eigenvalue weighted by Gasteiger charge is 2.55. The first-order valence-corrected chi connectivity index (χ1v) is 11.6. The van der Waals surface area contributed by atoms with Crippen LogP contribution in [-0.2, 0) is 9.59 Å². The Kier molecular flexibility index (Phi) is 5.91. The van der Waals surface area contributed by atoms with E-state index in [0.29, 0.717) is 11.3 Å². The van der Waals surface area contributed by atoms with E-state index in [1.165, 1.54) is 6.92 Å². The molecule has 5 rings (SSSR count). The Hall–Kier alpha value is -4.25. The van der Waals surface area contributed by atoms with Gasteiger partial charge in [-0.25, -0.2) is 0 Å². The number of aliphatic carboxylic acids is 1. The number of nitrogens with one attached hydrogen (secondary N) is 1. The molecule has 0 aliphatic heterocycles. The molecule has 4 atom stereocenters. The van der Waals surface area contributed by atoms with Gasteiger partial charge in [0.25, 0.3) is 0 Å². The van der Waals surface area contributed by atoms with Crippen molar-refractivity contribution in [1.82, 2.24) is 0 Å². The predicted molar refractivity (Wildman–Crippen MR) is 135 cm³/mol. The van der Waals surface area contributed by atoms with E-state index in [9.17, 15) is 19.5 Å². The van der Waals surface area contributed by atoms with Crippen molar-refractivity contribution >= 4 is 28.9 Å². The number of anilines is 1.